The molecule has 0 saturated carbocycles. The minimum absolute atomic E-state index is 0. The zero-order valence-electron chi connectivity index (χ0n) is 10.1. The van der Waals surface area contributed by atoms with E-state index in [0.29, 0.717) is 19.3 Å². The fourth-order valence-electron chi connectivity index (χ4n) is 0.873. The second kappa shape index (κ2) is 19.9. The predicted octanol–water partition coefficient (Wildman–Crippen LogP) is 1.11. The van der Waals surface area contributed by atoms with E-state index >= 15 is 0 Å². The first kappa shape index (κ1) is 27.0. The summed E-state index contributed by atoms with van der Waals surface area (Å²) in [6.45, 7) is 8.57. The Hall–Kier alpha value is 1.54. The van der Waals surface area contributed by atoms with Crippen molar-refractivity contribution in [2.75, 3.05) is 0 Å². The largest absolute Gasteiger partial charge is 0.481 e. The van der Waals surface area contributed by atoms with Gasteiger partial charge in [-0.1, -0.05) is 6.42 Å². The molecular weight excluding hydrogens is 393 g/mol. The Kier molecular flexibility index (Phi) is 31.5. The number of nitrogens with two attached hydrogens (primary N) is 1. The van der Waals surface area contributed by atoms with E-state index in [9.17, 15) is 9.59 Å². The summed E-state index contributed by atoms with van der Waals surface area (Å²) in [6.07, 6.45) is 1.56. The molecule has 0 spiro atoms. The van der Waals surface area contributed by atoms with Gasteiger partial charge in [-0.15, -0.1) is 0 Å². The van der Waals surface area contributed by atoms with Gasteiger partial charge in [0.1, 0.15) is 5.92 Å². The molecule has 2 atom stereocenters. The summed E-state index contributed by atoms with van der Waals surface area (Å²) in [6, 6.07) is 0. The van der Waals surface area contributed by atoms with Crippen LogP contribution in [-0.2, 0) is 75.0 Å². The molecule has 0 rings (SSSR count). The number of amides is 1. The van der Waals surface area contributed by atoms with Crippen molar-refractivity contribution in [2.24, 2.45) is 11.4 Å². The topological polar surface area (TPSA) is 92.4 Å². The molecule has 0 fully saturated rings. The molecule has 0 heterocycles. The summed E-state index contributed by atoms with van der Waals surface area (Å²) in [4.78, 5) is 21.7. The zero-order chi connectivity index (χ0) is 12.3. The SMILES string of the molecule is [CH2-]C.[CH2-]CCCC(C(=O)O)C(=O)NPN.[Y].[Y]. The molecular formula is C9H19N2O3PY2-2. The summed E-state index contributed by atoms with van der Waals surface area (Å²) in [7, 11) is -0.250. The third-order valence-electron chi connectivity index (χ3n) is 1.55. The molecule has 96 valence electrons. The molecule has 1 amide bonds. The van der Waals surface area contributed by atoms with Crippen LogP contribution in [0.25, 0.3) is 0 Å². The first-order valence-electron chi connectivity index (χ1n) is 4.61. The molecule has 2 radical (unpaired) electrons. The van der Waals surface area contributed by atoms with Crippen molar-refractivity contribution in [2.45, 2.75) is 26.2 Å². The third kappa shape index (κ3) is 15.5. The Morgan fingerprint density at radius 3 is 2.18 bits per heavy atom. The number of unbranched alkanes of at least 4 members (excludes halogenated alkanes) is 1. The Balaban J connectivity index is -0.000000199. The van der Waals surface area contributed by atoms with E-state index in [2.05, 4.69) is 18.9 Å². The van der Waals surface area contributed by atoms with E-state index < -0.39 is 17.8 Å². The molecule has 17 heavy (non-hydrogen) atoms. The normalized spacial score (nSPS) is 10.4. The van der Waals surface area contributed by atoms with Crippen molar-refractivity contribution in [3.05, 3.63) is 13.8 Å². The molecule has 0 saturated heterocycles. The van der Waals surface area contributed by atoms with Gasteiger partial charge in [0, 0.05) is 74.3 Å². The van der Waals surface area contributed by atoms with Crippen LogP contribution in [0.4, 0.5) is 0 Å². The number of carboxylic acid groups (broad SMARTS) is 1. The van der Waals surface area contributed by atoms with Crippen LogP contribution >= 0.6 is 8.88 Å². The van der Waals surface area contributed by atoms with Gasteiger partial charge in [0.25, 0.3) is 0 Å². The van der Waals surface area contributed by atoms with Crippen molar-refractivity contribution in [1.82, 2.24) is 5.09 Å². The summed E-state index contributed by atoms with van der Waals surface area (Å²) >= 11 is 0. The van der Waals surface area contributed by atoms with Crippen LogP contribution in [0, 0.1) is 19.8 Å². The van der Waals surface area contributed by atoms with Crippen molar-refractivity contribution < 1.29 is 80.1 Å². The molecule has 4 N–H and O–H groups in total. The van der Waals surface area contributed by atoms with Gasteiger partial charge in [0.15, 0.2) is 0 Å². The van der Waals surface area contributed by atoms with E-state index in [1.165, 1.54) is 0 Å². The average molecular weight is 412 g/mol. The average Bonchev–Trinajstić information content (AvgIpc) is 2.21. The van der Waals surface area contributed by atoms with E-state index in [0.717, 1.165) is 0 Å². The molecule has 8 heteroatoms. The number of rotatable bonds is 6. The first-order valence-corrected chi connectivity index (χ1v) is 5.69. The number of carbonyl (C=O) groups is 2. The summed E-state index contributed by atoms with van der Waals surface area (Å²) in [5.41, 5.74) is 5.09. The monoisotopic (exact) mass is 412 g/mol. The minimum atomic E-state index is -1.11. The van der Waals surface area contributed by atoms with Crippen LogP contribution in [-0.4, -0.2) is 17.0 Å². The van der Waals surface area contributed by atoms with Crippen LogP contribution in [0.3, 0.4) is 0 Å². The minimum Gasteiger partial charge on any atom is -0.481 e. The maximum absolute atomic E-state index is 11.1. The Morgan fingerprint density at radius 1 is 1.41 bits per heavy atom. The molecule has 0 aliphatic heterocycles. The van der Waals surface area contributed by atoms with Gasteiger partial charge < -0.3 is 24.0 Å². The van der Waals surface area contributed by atoms with Crippen LogP contribution in [0.1, 0.15) is 26.2 Å². The van der Waals surface area contributed by atoms with Crippen molar-refractivity contribution in [3.63, 3.8) is 0 Å². The second-order valence-corrected chi connectivity index (χ2v) is 3.06. The zero-order valence-corrected chi connectivity index (χ0v) is 16.8. The number of carbonyl (C=O) groups excluding carboxylic acids is 1. The van der Waals surface area contributed by atoms with Crippen molar-refractivity contribution in [3.8, 4) is 0 Å². The third-order valence-corrected chi connectivity index (χ3v) is 1.94. The standard InChI is InChI=1S/C7H14N2O3P.C2H5.2Y/c1-2-3-4-5(7(11)12)6(10)9-13-8;1-2;;/h5,13H,1-4,8H2,(H,9,10)(H,11,12);1H2,2H3;;/q2*-1;;. The first-order chi connectivity index (χ1) is 7.13. The Labute approximate surface area is 155 Å². The Bertz CT molecular complexity index is 197. The van der Waals surface area contributed by atoms with Crippen LogP contribution in [0.2, 0.25) is 0 Å². The fourth-order valence-corrected chi connectivity index (χ4v) is 1.19. The van der Waals surface area contributed by atoms with Gasteiger partial charge in [-0.25, -0.2) is 0 Å². The molecule has 0 aliphatic rings. The fraction of sp³-hybridized carbons (Fsp3) is 0.556. The summed E-state index contributed by atoms with van der Waals surface area (Å²) in [5, 5.41) is 11.0. The van der Waals surface area contributed by atoms with Crippen molar-refractivity contribution >= 4 is 20.8 Å². The van der Waals surface area contributed by atoms with Gasteiger partial charge in [-0.05, 0) is 6.42 Å². The molecule has 0 bridgehead atoms. The quantitative estimate of drug-likeness (QED) is 0.347. The van der Waals surface area contributed by atoms with E-state index in [1.54, 1.807) is 6.92 Å². The van der Waals surface area contributed by atoms with Gasteiger partial charge in [0.05, 0.1) is 0 Å². The number of hydrogen-bond donors (Lipinski definition) is 3. The van der Waals surface area contributed by atoms with E-state index in [1.807, 2.05) is 0 Å². The molecule has 5 nitrogen and oxygen atoms in total. The number of carboxylic acids is 1. The smallest absolute Gasteiger partial charge is 0.316 e. The van der Waals surface area contributed by atoms with Crippen LogP contribution in [0.15, 0.2) is 0 Å². The van der Waals surface area contributed by atoms with Crippen LogP contribution < -0.4 is 10.6 Å². The summed E-state index contributed by atoms with van der Waals surface area (Å²) in [5.74, 6) is -2.61. The second-order valence-electron chi connectivity index (χ2n) is 2.52. The van der Waals surface area contributed by atoms with Gasteiger partial charge >= 0.3 is 5.97 Å². The van der Waals surface area contributed by atoms with Crippen LogP contribution in [0.5, 0.6) is 0 Å². The maximum Gasteiger partial charge on any atom is 0.316 e. The molecule has 0 aromatic carbocycles. The number of nitrogens with one attached hydrogen (secondary N) is 1. The molecule has 0 aromatic rings. The predicted molar refractivity (Wildman–Crippen MR) is 62.0 cm³/mol. The van der Waals surface area contributed by atoms with Gasteiger partial charge in [-0.3, -0.25) is 15.1 Å². The van der Waals surface area contributed by atoms with E-state index in [-0.39, 0.29) is 74.3 Å². The van der Waals surface area contributed by atoms with E-state index in [4.69, 9.17) is 10.6 Å². The van der Waals surface area contributed by atoms with Crippen molar-refractivity contribution in [1.29, 1.82) is 0 Å². The molecule has 2 unspecified atom stereocenters. The van der Waals surface area contributed by atoms with Gasteiger partial charge in [-0.2, -0.15) is 13.3 Å². The Morgan fingerprint density at radius 2 is 1.88 bits per heavy atom. The number of hydrogen-bond acceptors (Lipinski definition) is 3. The maximum atomic E-state index is 11.1. The number of aliphatic carboxylic acids is 1. The molecule has 0 aromatic heterocycles. The molecule has 0 aliphatic carbocycles. The van der Waals surface area contributed by atoms with Gasteiger partial charge in [0.2, 0.25) is 5.91 Å². The summed E-state index contributed by atoms with van der Waals surface area (Å²) < 4.78 is 0.